The number of anilines is 2. The highest BCUT2D eigenvalue weighted by Crippen LogP contribution is 2.33. The number of nitrogens with zero attached hydrogens (tertiary/aromatic N) is 2. The smallest absolute Gasteiger partial charge is 0.265 e. The predicted molar refractivity (Wildman–Crippen MR) is 121 cm³/mol. The molecule has 186 valence electrons. The van der Waals surface area contributed by atoms with Crippen LogP contribution in [-0.4, -0.2) is 61.4 Å². The largest absolute Gasteiger partial charge is 0.477 e. The first-order valence-corrected chi connectivity index (χ1v) is 11.3. The maximum Gasteiger partial charge on any atom is 0.265 e. The van der Waals surface area contributed by atoms with Gasteiger partial charge < -0.3 is 25.2 Å². The van der Waals surface area contributed by atoms with Gasteiger partial charge in [0.1, 0.15) is 5.75 Å². The van der Waals surface area contributed by atoms with E-state index < -0.39 is 47.6 Å². The van der Waals surface area contributed by atoms with Crippen LogP contribution in [0.3, 0.4) is 0 Å². The average molecular weight is 490 g/mol. The number of halogens is 3. The van der Waals surface area contributed by atoms with Crippen LogP contribution < -0.4 is 20.3 Å². The molecule has 4 rings (SSSR count). The van der Waals surface area contributed by atoms with E-state index in [0.29, 0.717) is 30.6 Å². The molecule has 0 radical (unpaired) electrons. The van der Waals surface area contributed by atoms with E-state index in [1.807, 2.05) is 0 Å². The van der Waals surface area contributed by atoms with Gasteiger partial charge in [-0.2, -0.15) is 0 Å². The lowest BCUT2D eigenvalue weighted by atomic mass is 10.1. The third-order valence-corrected chi connectivity index (χ3v) is 5.89. The molecule has 0 aromatic heterocycles. The molecule has 1 saturated heterocycles. The normalized spacial score (nSPS) is 17.3. The summed E-state index contributed by atoms with van der Waals surface area (Å²) in [5.74, 6) is -5.59. The predicted octanol–water partition coefficient (Wildman–Crippen LogP) is 2.44. The van der Waals surface area contributed by atoms with E-state index in [1.165, 1.54) is 0 Å². The van der Waals surface area contributed by atoms with E-state index in [0.717, 1.165) is 25.3 Å². The second-order valence-corrected chi connectivity index (χ2v) is 8.39. The van der Waals surface area contributed by atoms with Gasteiger partial charge in [0.2, 0.25) is 11.8 Å². The number of fused-ring (bicyclic) bond motifs is 1. The Labute approximate surface area is 200 Å². The molecule has 1 atom stereocenters. The van der Waals surface area contributed by atoms with Crippen molar-refractivity contribution in [1.29, 1.82) is 0 Å². The van der Waals surface area contributed by atoms with E-state index in [-0.39, 0.29) is 19.0 Å². The summed E-state index contributed by atoms with van der Waals surface area (Å²) in [4.78, 5) is 41.1. The standard InChI is InChI=1S/C24H25F3N4O4/c25-15-8-9-16(23(27)22(15)26)29-20(32)12-28-21(33)14-31-13-19(24(34)30-10-4-1-5-11-30)35-18-7-3-2-6-17(18)31/h2-3,6-9,19H,1,4-5,10-14H2,(H,28,33)(H,29,32). The molecule has 2 aromatic rings. The van der Waals surface area contributed by atoms with Gasteiger partial charge in [-0.1, -0.05) is 12.1 Å². The molecule has 0 spiro atoms. The Morgan fingerprint density at radius 3 is 2.46 bits per heavy atom. The number of ether oxygens (including phenoxy) is 1. The van der Waals surface area contributed by atoms with Crippen molar-refractivity contribution in [3.63, 3.8) is 0 Å². The molecule has 1 fully saturated rings. The Hall–Kier alpha value is -3.76. The summed E-state index contributed by atoms with van der Waals surface area (Å²) in [7, 11) is 0. The molecule has 35 heavy (non-hydrogen) atoms. The van der Waals surface area contributed by atoms with Crippen molar-refractivity contribution < 1.29 is 32.3 Å². The number of nitrogens with one attached hydrogen (secondary N) is 2. The number of para-hydroxylation sites is 2. The van der Waals surface area contributed by atoms with Crippen LogP contribution in [0, 0.1) is 17.5 Å². The number of carbonyl (C=O) groups excluding carboxylic acids is 3. The van der Waals surface area contributed by atoms with Crippen LogP contribution in [0.4, 0.5) is 24.5 Å². The minimum Gasteiger partial charge on any atom is -0.477 e. The fourth-order valence-electron chi connectivity index (χ4n) is 4.13. The topological polar surface area (TPSA) is 91.0 Å². The summed E-state index contributed by atoms with van der Waals surface area (Å²) in [6.07, 6.45) is 2.20. The highest BCUT2D eigenvalue weighted by Gasteiger charge is 2.34. The van der Waals surface area contributed by atoms with E-state index in [1.54, 1.807) is 34.1 Å². The molecule has 2 aliphatic heterocycles. The summed E-state index contributed by atoms with van der Waals surface area (Å²) < 4.78 is 46.0. The van der Waals surface area contributed by atoms with Crippen LogP contribution in [0.15, 0.2) is 36.4 Å². The Balaban J connectivity index is 1.36. The number of hydrogen-bond acceptors (Lipinski definition) is 5. The number of carbonyl (C=O) groups is 3. The molecule has 0 bridgehead atoms. The Morgan fingerprint density at radius 2 is 1.69 bits per heavy atom. The highest BCUT2D eigenvalue weighted by atomic mass is 19.2. The molecule has 1 unspecified atom stereocenters. The number of piperidine rings is 1. The Morgan fingerprint density at radius 1 is 0.943 bits per heavy atom. The maximum atomic E-state index is 13.7. The minimum atomic E-state index is -1.70. The lowest BCUT2D eigenvalue weighted by Crippen LogP contribution is -2.53. The minimum absolute atomic E-state index is 0.127. The van der Waals surface area contributed by atoms with Crippen LogP contribution in [-0.2, 0) is 14.4 Å². The van der Waals surface area contributed by atoms with Crippen molar-refractivity contribution in [2.24, 2.45) is 0 Å². The van der Waals surface area contributed by atoms with Gasteiger partial charge in [-0.15, -0.1) is 0 Å². The second-order valence-electron chi connectivity index (χ2n) is 8.39. The van der Waals surface area contributed by atoms with Gasteiger partial charge in [0.05, 0.1) is 31.0 Å². The Kier molecular flexibility index (Phi) is 7.42. The maximum absolute atomic E-state index is 13.7. The fraction of sp³-hybridized carbons (Fsp3) is 0.375. The number of amides is 3. The monoisotopic (exact) mass is 490 g/mol. The van der Waals surface area contributed by atoms with Crippen molar-refractivity contribution in [2.75, 3.05) is 42.9 Å². The van der Waals surface area contributed by atoms with Crippen molar-refractivity contribution in [3.8, 4) is 5.75 Å². The highest BCUT2D eigenvalue weighted by molar-refractivity contribution is 5.95. The lowest BCUT2D eigenvalue weighted by Gasteiger charge is -2.38. The van der Waals surface area contributed by atoms with Gasteiger partial charge in [-0.3, -0.25) is 14.4 Å². The molecule has 2 heterocycles. The van der Waals surface area contributed by atoms with Crippen LogP contribution in [0.5, 0.6) is 5.75 Å². The van der Waals surface area contributed by atoms with Crippen molar-refractivity contribution >= 4 is 29.1 Å². The Bertz CT molecular complexity index is 1120. The molecule has 2 aromatic carbocycles. The quantitative estimate of drug-likeness (QED) is 0.608. The van der Waals surface area contributed by atoms with Crippen LogP contribution in [0.2, 0.25) is 0 Å². The SMILES string of the molecule is O=C(CN1CC(C(=O)N2CCCCC2)Oc2ccccc21)NCC(=O)Nc1ccc(F)c(F)c1F. The zero-order valence-electron chi connectivity index (χ0n) is 18.9. The van der Waals surface area contributed by atoms with Gasteiger partial charge in [-0.25, -0.2) is 13.2 Å². The summed E-state index contributed by atoms with van der Waals surface area (Å²) in [5, 5.41) is 4.51. The molecule has 8 nitrogen and oxygen atoms in total. The zero-order valence-corrected chi connectivity index (χ0v) is 18.9. The zero-order chi connectivity index (χ0) is 24.9. The van der Waals surface area contributed by atoms with E-state index >= 15 is 0 Å². The van der Waals surface area contributed by atoms with Crippen LogP contribution in [0.25, 0.3) is 0 Å². The van der Waals surface area contributed by atoms with Gasteiger partial charge in [0.25, 0.3) is 5.91 Å². The summed E-state index contributed by atoms with van der Waals surface area (Å²) in [6.45, 7) is 0.839. The molecule has 2 N–H and O–H groups in total. The van der Waals surface area contributed by atoms with Gasteiger partial charge >= 0.3 is 0 Å². The van der Waals surface area contributed by atoms with E-state index in [9.17, 15) is 27.6 Å². The number of hydrogen-bond donors (Lipinski definition) is 2. The lowest BCUT2D eigenvalue weighted by molar-refractivity contribution is -0.139. The molecule has 11 heteroatoms. The summed E-state index contributed by atoms with van der Waals surface area (Å²) in [5.41, 5.74) is 0.1000. The van der Waals surface area contributed by atoms with Crippen molar-refractivity contribution in [1.82, 2.24) is 10.2 Å². The van der Waals surface area contributed by atoms with E-state index in [4.69, 9.17) is 4.74 Å². The first-order chi connectivity index (χ1) is 16.8. The number of rotatable bonds is 6. The first-order valence-electron chi connectivity index (χ1n) is 11.3. The third-order valence-electron chi connectivity index (χ3n) is 5.89. The van der Waals surface area contributed by atoms with E-state index in [2.05, 4.69) is 10.6 Å². The molecule has 3 amide bonds. The average Bonchev–Trinajstić information content (AvgIpc) is 2.88. The molecule has 2 aliphatic rings. The van der Waals surface area contributed by atoms with Gasteiger partial charge in [0, 0.05) is 13.1 Å². The van der Waals surface area contributed by atoms with Gasteiger partial charge in [0.15, 0.2) is 23.6 Å². The fourth-order valence-corrected chi connectivity index (χ4v) is 4.13. The molecular weight excluding hydrogens is 465 g/mol. The second kappa shape index (κ2) is 10.7. The summed E-state index contributed by atoms with van der Waals surface area (Å²) >= 11 is 0. The van der Waals surface area contributed by atoms with Crippen LogP contribution in [0.1, 0.15) is 19.3 Å². The third kappa shape index (κ3) is 5.67. The molecular formula is C24H25F3N4O4. The van der Waals surface area contributed by atoms with Crippen LogP contribution >= 0.6 is 0 Å². The van der Waals surface area contributed by atoms with Crippen molar-refractivity contribution in [2.45, 2.75) is 25.4 Å². The van der Waals surface area contributed by atoms with Gasteiger partial charge in [-0.05, 0) is 43.5 Å². The van der Waals surface area contributed by atoms with Crippen molar-refractivity contribution in [3.05, 3.63) is 53.8 Å². The number of likely N-dealkylation sites (tertiary alicyclic amines) is 1. The molecule has 0 aliphatic carbocycles. The number of benzene rings is 2. The first kappa shape index (κ1) is 24.4. The molecule has 0 saturated carbocycles. The summed E-state index contributed by atoms with van der Waals surface area (Å²) in [6, 6.07) is 8.61.